The van der Waals surface area contributed by atoms with E-state index in [1.165, 1.54) is 0 Å². The van der Waals surface area contributed by atoms with Crippen molar-refractivity contribution in [3.8, 4) is 0 Å². The number of hydrogen-bond acceptors (Lipinski definition) is 3. The summed E-state index contributed by atoms with van der Waals surface area (Å²) >= 11 is 0. The molecular weight excluding hydrogens is 232 g/mol. The molecule has 96 valence electrons. The molecule has 0 aliphatic rings. The molecule has 1 rings (SSSR count). The Balaban J connectivity index is 2.61. The van der Waals surface area contributed by atoms with Crippen LogP contribution in [-0.2, 0) is 4.74 Å². The first-order valence-corrected chi connectivity index (χ1v) is 8.95. The normalized spacial score (nSPS) is 13.7. The second-order valence-electron chi connectivity index (χ2n) is 4.77. The summed E-state index contributed by atoms with van der Waals surface area (Å²) in [6.07, 6.45) is 0.693. The van der Waals surface area contributed by atoms with Crippen LogP contribution in [-0.4, -0.2) is 31.4 Å². The molecule has 0 aromatic heterocycles. The van der Waals surface area contributed by atoms with Gasteiger partial charge in [0.25, 0.3) is 0 Å². The van der Waals surface area contributed by atoms with Crippen molar-refractivity contribution in [1.82, 2.24) is 0 Å². The first-order valence-electron chi connectivity index (χ1n) is 6.00. The third kappa shape index (κ3) is 4.59. The van der Waals surface area contributed by atoms with Gasteiger partial charge in [0.15, 0.2) is 0 Å². The Hall–Kier alpha value is -0.683. The molecule has 0 radical (unpaired) electrons. The molecule has 1 aromatic rings. The van der Waals surface area contributed by atoms with E-state index in [2.05, 4.69) is 0 Å². The minimum atomic E-state index is -2.20. The van der Waals surface area contributed by atoms with Crippen LogP contribution in [0.1, 0.15) is 25.0 Å². The number of benzene rings is 1. The van der Waals surface area contributed by atoms with E-state index in [1.807, 2.05) is 44.3 Å². The fourth-order valence-corrected chi connectivity index (χ4v) is 2.57. The third-order valence-corrected chi connectivity index (χ3v) is 4.50. The van der Waals surface area contributed by atoms with E-state index in [0.29, 0.717) is 13.0 Å². The molecule has 1 atom stereocenters. The van der Waals surface area contributed by atoms with E-state index >= 15 is 0 Å². The minimum Gasteiger partial charge on any atom is -0.428 e. The molecule has 3 nitrogen and oxygen atoms in total. The zero-order valence-electron chi connectivity index (χ0n) is 10.8. The topological polar surface area (TPSA) is 49.7 Å². The van der Waals surface area contributed by atoms with Crippen LogP contribution in [0.15, 0.2) is 24.3 Å². The summed E-state index contributed by atoms with van der Waals surface area (Å²) in [6, 6.07) is 7.97. The Kier molecular flexibility index (Phi) is 5.33. The van der Waals surface area contributed by atoms with E-state index in [4.69, 9.17) is 9.84 Å². The summed E-state index contributed by atoms with van der Waals surface area (Å²) in [5.41, 5.74) is 1.10. The molecule has 1 unspecified atom stereocenters. The molecule has 0 spiro atoms. The molecule has 0 aliphatic heterocycles. The van der Waals surface area contributed by atoms with Gasteiger partial charge in [0, 0.05) is 13.2 Å². The first-order chi connectivity index (χ1) is 7.95. The lowest BCUT2D eigenvalue weighted by Crippen LogP contribution is -2.41. The van der Waals surface area contributed by atoms with Gasteiger partial charge in [0.2, 0.25) is 8.32 Å². The molecule has 0 heterocycles. The quantitative estimate of drug-likeness (QED) is 0.598. The zero-order chi connectivity index (χ0) is 12.9. The van der Waals surface area contributed by atoms with E-state index in [-0.39, 0.29) is 12.7 Å². The van der Waals surface area contributed by atoms with Gasteiger partial charge in [-0.1, -0.05) is 24.3 Å². The number of aliphatic hydroxyl groups is 1. The Bertz CT molecular complexity index is 330. The molecule has 2 N–H and O–H groups in total. The Morgan fingerprint density at radius 2 is 1.82 bits per heavy atom. The number of hydrogen-bond donors (Lipinski definition) is 2. The predicted octanol–water partition coefficient (Wildman–Crippen LogP) is 1.55. The molecule has 0 saturated heterocycles. The van der Waals surface area contributed by atoms with Gasteiger partial charge in [-0.25, -0.2) is 0 Å². The van der Waals surface area contributed by atoms with Crippen LogP contribution < -0.4 is 5.19 Å². The van der Waals surface area contributed by atoms with Gasteiger partial charge in [0.1, 0.15) is 0 Å². The molecular formula is C13H22O3Si. The van der Waals surface area contributed by atoms with Crippen LogP contribution >= 0.6 is 0 Å². The first kappa shape index (κ1) is 14.4. The van der Waals surface area contributed by atoms with Crippen LogP contribution in [0.5, 0.6) is 0 Å². The fourth-order valence-electron chi connectivity index (χ4n) is 1.58. The Morgan fingerprint density at radius 3 is 2.29 bits per heavy atom. The molecule has 0 amide bonds. The van der Waals surface area contributed by atoms with Crippen LogP contribution in [0, 0.1) is 0 Å². The van der Waals surface area contributed by atoms with Crippen LogP contribution in [0.25, 0.3) is 0 Å². The SMILES string of the molecule is CC(OCCCO)c1ccc([Si](C)(C)O)cc1. The minimum absolute atomic E-state index is 0.0269. The van der Waals surface area contributed by atoms with Crippen molar-refractivity contribution < 1.29 is 14.6 Å². The smallest absolute Gasteiger partial charge is 0.213 e. The molecule has 0 aliphatic carbocycles. The highest BCUT2D eigenvalue weighted by Gasteiger charge is 2.19. The second-order valence-corrected chi connectivity index (χ2v) is 8.47. The zero-order valence-corrected chi connectivity index (χ0v) is 11.8. The van der Waals surface area contributed by atoms with Crippen LogP contribution in [0.2, 0.25) is 13.1 Å². The molecule has 1 aromatic carbocycles. The maximum Gasteiger partial charge on any atom is 0.213 e. The van der Waals surface area contributed by atoms with Crippen molar-refractivity contribution >= 4 is 13.5 Å². The molecule has 4 heteroatoms. The van der Waals surface area contributed by atoms with Gasteiger partial charge >= 0.3 is 0 Å². The van der Waals surface area contributed by atoms with Crippen LogP contribution in [0.3, 0.4) is 0 Å². The lowest BCUT2D eigenvalue weighted by atomic mass is 10.1. The Morgan fingerprint density at radius 1 is 1.24 bits per heavy atom. The monoisotopic (exact) mass is 254 g/mol. The lowest BCUT2D eigenvalue weighted by Gasteiger charge is -2.17. The van der Waals surface area contributed by atoms with Crippen molar-refractivity contribution in [3.63, 3.8) is 0 Å². The fraction of sp³-hybridized carbons (Fsp3) is 0.538. The maximum atomic E-state index is 9.97. The highest BCUT2D eigenvalue weighted by Crippen LogP contribution is 2.16. The van der Waals surface area contributed by atoms with E-state index in [1.54, 1.807) is 0 Å². The van der Waals surface area contributed by atoms with Gasteiger partial charge in [-0.2, -0.15) is 0 Å². The molecule has 0 fully saturated rings. The van der Waals surface area contributed by atoms with E-state index in [0.717, 1.165) is 10.8 Å². The van der Waals surface area contributed by atoms with Gasteiger partial charge in [-0.05, 0) is 37.2 Å². The van der Waals surface area contributed by atoms with Crippen molar-refractivity contribution in [2.45, 2.75) is 32.5 Å². The average molecular weight is 254 g/mol. The largest absolute Gasteiger partial charge is 0.428 e. The van der Waals surface area contributed by atoms with Crippen molar-refractivity contribution in [3.05, 3.63) is 29.8 Å². The summed E-state index contributed by atoms with van der Waals surface area (Å²) in [4.78, 5) is 9.97. The van der Waals surface area contributed by atoms with Crippen molar-refractivity contribution in [1.29, 1.82) is 0 Å². The summed E-state index contributed by atoms with van der Waals surface area (Å²) in [5.74, 6) is 0. The second kappa shape index (κ2) is 6.30. The van der Waals surface area contributed by atoms with Crippen molar-refractivity contribution in [2.75, 3.05) is 13.2 Å². The highest BCUT2D eigenvalue weighted by atomic mass is 28.4. The van der Waals surface area contributed by atoms with Crippen molar-refractivity contribution in [2.24, 2.45) is 0 Å². The maximum absolute atomic E-state index is 9.97. The van der Waals surface area contributed by atoms with Gasteiger partial charge < -0.3 is 14.6 Å². The molecule has 0 bridgehead atoms. The third-order valence-electron chi connectivity index (χ3n) is 2.76. The van der Waals surface area contributed by atoms with E-state index < -0.39 is 8.32 Å². The summed E-state index contributed by atoms with van der Waals surface area (Å²) in [7, 11) is -2.20. The predicted molar refractivity (Wildman–Crippen MR) is 71.8 cm³/mol. The van der Waals surface area contributed by atoms with Gasteiger partial charge in [0.05, 0.1) is 6.10 Å². The van der Waals surface area contributed by atoms with E-state index in [9.17, 15) is 4.80 Å². The average Bonchev–Trinajstić information content (AvgIpc) is 2.28. The highest BCUT2D eigenvalue weighted by molar-refractivity contribution is 6.83. The lowest BCUT2D eigenvalue weighted by molar-refractivity contribution is 0.0553. The van der Waals surface area contributed by atoms with Gasteiger partial charge in [-0.3, -0.25) is 0 Å². The summed E-state index contributed by atoms with van der Waals surface area (Å²) < 4.78 is 5.58. The molecule has 0 saturated carbocycles. The van der Waals surface area contributed by atoms with Crippen LogP contribution in [0.4, 0.5) is 0 Å². The molecule has 17 heavy (non-hydrogen) atoms. The number of rotatable bonds is 6. The summed E-state index contributed by atoms with van der Waals surface area (Å²) in [5, 5.41) is 9.70. The Labute approximate surface area is 104 Å². The number of ether oxygens (including phenoxy) is 1. The number of aliphatic hydroxyl groups excluding tert-OH is 1. The summed E-state index contributed by atoms with van der Waals surface area (Å²) in [6.45, 7) is 6.54. The van der Waals surface area contributed by atoms with Gasteiger partial charge in [-0.15, -0.1) is 0 Å². The standard InChI is InChI=1S/C13H22O3Si/c1-11(16-10-4-9-14)12-5-7-13(8-6-12)17(2,3)15/h5-8,11,14-15H,4,9-10H2,1-3H3.